The Hall–Kier alpha value is -1.76. The van der Waals surface area contributed by atoms with E-state index in [0.29, 0.717) is 0 Å². The van der Waals surface area contributed by atoms with E-state index in [1.54, 1.807) is 0 Å². The van der Waals surface area contributed by atoms with Crippen molar-refractivity contribution >= 4 is 9.84 Å². The Morgan fingerprint density at radius 1 is 1.32 bits per heavy atom. The number of hydrogen-bond acceptors (Lipinski definition) is 4. The van der Waals surface area contributed by atoms with Crippen molar-refractivity contribution in [2.75, 3.05) is 6.26 Å². The Labute approximate surface area is 110 Å². The second-order valence-corrected chi connectivity index (χ2v) is 6.51. The van der Waals surface area contributed by atoms with E-state index in [-0.39, 0.29) is 23.4 Å². The standard InChI is InChI=1S/C12H12FN3O2S/c1-19(17,18)12-14-11-9(13)7-10(16(11)15-12)8-5-3-2-4-6-8/h2-6,9-10H,7H2,1H3/t9-,10-/m0/s1. The van der Waals surface area contributed by atoms with Crippen LogP contribution < -0.4 is 0 Å². The van der Waals surface area contributed by atoms with E-state index in [1.807, 2.05) is 30.3 Å². The van der Waals surface area contributed by atoms with Crippen LogP contribution in [-0.2, 0) is 9.84 Å². The SMILES string of the molecule is CS(=O)(=O)c1nc2n(n1)[C@H](c1ccccc1)C[C@@H]2F. The molecule has 0 bridgehead atoms. The van der Waals surface area contributed by atoms with Crippen molar-refractivity contribution < 1.29 is 12.8 Å². The van der Waals surface area contributed by atoms with Crippen molar-refractivity contribution in [3.63, 3.8) is 0 Å². The van der Waals surface area contributed by atoms with E-state index in [1.165, 1.54) is 4.68 Å². The number of fused-ring (bicyclic) bond motifs is 1. The Balaban J connectivity index is 2.09. The fourth-order valence-electron chi connectivity index (χ4n) is 2.27. The zero-order valence-electron chi connectivity index (χ0n) is 10.2. The zero-order chi connectivity index (χ0) is 13.6. The van der Waals surface area contributed by atoms with Gasteiger partial charge in [-0.3, -0.25) is 0 Å². The van der Waals surface area contributed by atoms with Crippen molar-refractivity contribution in [1.29, 1.82) is 0 Å². The molecule has 0 radical (unpaired) electrons. The Bertz CT molecular complexity index is 712. The minimum Gasteiger partial charge on any atom is -0.239 e. The number of alkyl halides is 1. The normalized spacial score (nSPS) is 22.4. The topological polar surface area (TPSA) is 64.8 Å². The molecule has 0 unspecified atom stereocenters. The van der Waals surface area contributed by atoms with E-state index in [2.05, 4.69) is 10.1 Å². The van der Waals surface area contributed by atoms with Gasteiger partial charge in [-0.15, -0.1) is 5.10 Å². The van der Waals surface area contributed by atoms with E-state index in [9.17, 15) is 12.8 Å². The molecule has 1 aliphatic heterocycles. The minimum absolute atomic E-state index is 0.0919. The van der Waals surface area contributed by atoms with Crippen LogP contribution in [0, 0.1) is 0 Å². The lowest BCUT2D eigenvalue weighted by Gasteiger charge is -2.11. The van der Waals surface area contributed by atoms with Crippen LogP contribution in [-0.4, -0.2) is 29.4 Å². The zero-order valence-corrected chi connectivity index (χ0v) is 11.0. The van der Waals surface area contributed by atoms with Gasteiger partial charge in [0.15, 0.2) is 12.0 Å². The molecule has 3 rings (SSSR count). The third-order valence-corrected chi connectivity index (χ3v) is 4.00. The molecular weight excluding hydrogens is 269 g/mol. The summed E-state index contributed by atoms with van der Waals surface area (Å²) in [6.45, 7) is 0. The Morgan fingerprint density at radius 2 is 2.00 bits per heavy atom. The number of halogens is 1. The highest BCUT2D eigenvalue weighted by atomic mass is 32.2. The number of nitrogens with zero attached hydrogens (tertiary/aromatic N) is 3. The van der Waals surface area contributed by atoms with Gasteiger partial charge in [0.1, 0.15) is 0 Å². The molecule has 2 aromatic rings. The van der Waals surface area contributed by atoms with Crippen molar-refractivity contribution in [2.24, 2.45) is 0 Å². The Morgan fingerprint density at radius 3 is 2.63 bits per heavy atom. The van der Waals surface area contributed by atoms with E-state index < -0.39 is 16.0 Å². The number of benzene rings is 1. The average Bonchev–Trinajstić information content (AvgIpc) is 2.91. The summed E-state index contributed by atoms with van der Waals surface area (Å²) in [7, 11) is -3.52. The van der Waals surface area contributed by atoms with Crippen molar-refractivity contribution in [2.45, 2.75) is 23.8 Å². The minimum atomic E-state index is -3.52. The van der Waals surface area contributed by atoms with Crippen molar-refractivity contribution in [3.8, 4) is 0 Å². The molecule has 19 heavy (non-hydrogen) atoms. The third-order valence-electron chi connectivity index (χ3n) is 3.16. The summed E-state index contributed by atoms with van der Waals surface area (Å²) >= 11 is 0. The largest absolute Gasteiger partial charge is 0.266 e. The van der Waals surface area contributed by atoms with Gasteiger partial charge in [0.25, 0.3) is 5.16 Å². The summed E-state index contributed by atoms with van der Waals surface area (Å²) in [6, 6.07) is 9.02. The smallest absolute Gasteiger partial charge is 0.239 e. The van der Waals surface area contributed by atoms with Crippen LogP contribution in [0.1, 0.15) is 30.0 Å². The Kier molecular flexibility index (Phi) is 2.67. The van der Waals surface area contributed by atoms with Crippen molar-refractivity contribution in [3.05, 3.63) is 41.7 Å². The van der Waals surface area contributed by atoms with E-state index in [0.717, 1.165) is 11.8 Å². The average molecular weight is 281 g/mol. The van der Waals surface area contributed by atoms with E-state index >= 15 is 0 Å². The first kappa shape index (κ1) is 12.3. The summed E-state index contributed by atoms with van der Waals surface area (Å²) in [5, 5.41) is 3.63. The summed E-state index contributed by atoms with van der Waals surface area (Å²) in [6.07, 6.45) is -0.0279. The number of hydrogen-bond donors (Lipinski definition) is 0. The molecule has 100 valence electrons. The van der Waals surface area contributed by atoms with Gasteiger partial charge in [-0.2, -0.15) is 4.98 Å². The number of sulfone groups is 1. The molecule has 1 aliphatic rings. The van der Waals surface area contributed by atoms with Crippen LogP contribution in [0.25, 0.3) is 0 Å². The number of aromatic nitrogens is 3. The summed E-state index contributed by atoms with van der Waals surface area (Å²) in [5.74, 6) is 0.0919. The molecule has 5 nitrogen and oxygen atoms in total. The second-order valence-electron chi connectivity index (χ2n) is 4.60. The molecular formula is C12H12FN3O2S. The summed E-state index contributed by atoms with van der Waals surface area (Å²) < 4.78 is 38.2. The van der Waals surface area contributed by atoms with Gasteiger partial charge in [-0.1, -0.05) is 30.3 Å². The van der Waals surface area contributed by atoms with Crippen LogP contribution in [0.3, 0.4) is 0 Å². The molecule has 0 saturated carbocycles. The predicted octanol–water partition coefficient (Wildman–Crippen LogP) is 1.69. The van der Waals surface area contributed by atoms with Gasteiger partial charge in [0.05, 0.1) is 6.04 Å². The predicted molar refractivity (Wildman–Crippen MR) is 66.2 cm³/mol. The summed E-state index contributed by atoms with van der Waals surface area (Å²) in [5.41, 5.74) is 0.897. The van der Waals surface area contributed by atoms with Crippen LogP contribution >= 0.6 is 0 Å². The maximum absolute atomic E-state index is 13.9. The van der Waals surface area contributed by atoms with Gasteiger partial charge < -0.3 is 0 Å². The lowest BCUT2D eigenvalue weighted by Crippen LogP contribution is -2.09. The lowest BCUT2D eigenvalue weighted by atomic mass is 10.0. The lowest BCUT2D eigenvalue weighted by molar-refractivity contribution is 0.326. The first-order chi connectivity index (χ1) is 8.97. The van der Waals surface area contributed by atoms with Crippen molar-refractivity contribution in [1.82, 2.24) is 14.8 Å². The maximum atomic E-state index is 13.9. The monoisotopic (exact) mass is 281 g/mol. The molecule has 7 heteroatoms. The molecule has 0 N–H and O–H groups in total. The first-order valence-corrected chi connectivity index (χ1v) is 7.71. The quantitative estimate of drug-likeness (QED) is 0.840. The fraction of sp³-hybridized carbons (Fsp3) is 0.333. The van der Waals surface area contributed by atoms with Gasteiger partial charge >= 0.3 is 0 Å². The molecule has 0 spiro atoms. The van der Waals surface area contributed by atoms with Crippen LogP contribution in [0.2, 0.25) is 0 Å². The van der Waals surface area contributed by atoms with Gasteiger partial charge in [0.2, 0.25) is 9.84 Å². The fourth-order valence-corrected chi connectivity index (χ4v) is 2.76. The molecule has 0 aliphatic carbocycles. The molecule has 1 aromatic carbocycles. The second kappa shape index (κ2) is 4.12. The van der Waals surface area contributed by atoms with Crippen LogP contribution in [0.15, 0.2) is 35.5 Å². The van der Waals surface area contributed by atoms with Gasteiger partial charge in [0, 0.05) is 12.7 Å². The van der Waals surface area contributed by atoms with Gasteiger partial charge in [-0.25, -0.2) is 17.5 Å². The highest BCUT2D eigenvalue weighted by molar-refractivity contribution is 7.90. The highest BCUT2D eigenvalue weighted by Gasteiger charge is 2.36. The van der Waals surface area contributed by atoms with Crippen LogP contribution in [0.5, 0.6) is 0 Å². The third kappa shape index (κ3) is 2.03. The van der Waals surface area contributed by atoms with Gasteiger partial charge in [-0.05, 0) is 5.56 Å². The molecule has 0 amide bonds. The molecule has 0 saturated heterocycles. The molecule has 0 fully saturated rings. The van der Waals surface area contributed by atoms with Crippen LogP contribution in [0.4, 0.5) is 4.39 Å². The highest BCUT2D eigenvalue weighted by Crippen LogP contribution is 2.39. The summed E-state index contributed by atoms with van der Waals surface area (Å²) in [4.78, 5) is 3.81. The maximum Gasteiger partial charge on any atom is 0.266 e. The first-order valence-electron chi connectivity index (χ1n) is 5.82. The molecule has 2 atom stereocenters. The number of rotatable bonds is 2. The molecule has 1 aromatic heterocycles. The molecule has 2 heterocycles. The van der Waals surface area contributed by atoms with E-state index in [4.69, 9.17) is 0 Å².